The summed E-state index contributed by atoms with van der Waals surface area (Å²) in [6.45, 7) is 1.78. The summed E-state index contributed by atoms with van der Waals surface area (Å²) in [4.78, 5) is 39.3. The number of allylic oxidation sites excluding steroid dienone is 3. The number of carbonyl (C=O) groups excluding carboxylic acids is 2. The molecule has 2 atom stereocenters. The monoisotopic (exact) mass is 552 g/mol. The van der Waals surface area contributed by atoms with Crippen LogP contribution in [0.2, 0.25) is 0 Å². The van der Waals surface area contributed by atoms with E-state index in [1.165, 1.54) is 12.1 Å². The molecule has 41 heavy (non-hydrogen) atoms. The van der Waals surface area contributed by atoms with Crippen molar-refractivity contribution in [2.24, 2.45) is 0 Å². The van der Waals surface area contributed by atoms with Crippen molar-refractivity contribution in [1.82, 2.24) is 5.32 Å². The molecular formula is C32H28N2O7. The van der Waals surface area contributed by atoms with Gasteiger partial charge in [0.05, 0.1) is 29.1 Å². The second kappa shape index (κ2) is 10.9. The van der Waals surface area contributed by atoms with Crippen LogP contribution in [0.1, 0.15) is 48.3 Å². The smallest absolute Gasteiger partial charge is 0.336 e. The second-order valence-electron chi connectivity index (χ2n) is 10.3. The maximum absolute atomic E-state index is 13.9. The van der Waals surface area contributed by atoms with Gasteiger partial charge in [0.1, 0.15) is 0 Å². The van der Waals surface area contributed by atoms with E-state index < -0.39 is 16.8 Å². The number of rotatable bonds is 7. The van der Waals surface area contributed by atoms with E-state index in [0.29, 0.717) is 35.6 Å². The molecule has 1 aliphatic carbocycles. The van der Waals surface area contributed by atoms with Crippen molar-refractivity contribution in [3.05, 3.63) is 122 Å². The summed E-state index contributed by atoms with van der Waals surface area (Å²) in [7, 11) is 0. The van der Waals surface area contributed by atoms with Crippen molar-refractivity contribution in [2.45, 2.75) is 38.0 Å². The van der Waals surface area contributed by atoms with Crippen molar-refractivity contribution >= 4 is 17.4 Å². The number of nitro benzene ring substituents is 1. The fourth-order valence-electron chi connectivity index (χ4n) is 5.90. The Balaban J connectivity index is 1.41. The minimum Gasteiger partial charge on any atom is -0.462 e. The van der Waals surface area contributed by atoms with Crippen LogP contribution < -0.4 is 14.8 Å². The molecule has 0 fully saturated rings. The highest BCUT2D eigenvalue weighted by atomic mass is 16.7. The van der Waals surface area contributed by atoms with Gasteiger partial charge in [-0.2, -0.15) is 0 Å². The number of nitro groups is 1. The highest BCUT2D eigenvalue weighted by Crippen LogP contribution is 2.50. The summed E-state index contributed by atoms with van der Waals surface area (Å²) >= 11 is 0. The largest absolute Gasteiger partial charge is 0.462 e. The van der Waals surface area contributed by atoms with Crippen LogP contribution in [0.25, 0.3) is 0 Å². The van der Waals surface area contributed by atoms with Crippen LogP contribution in [-0.4, -0.2) is 30.1 Å². The summed E-state index contributed by atoms with van der Waals surface area (Å²) < 4.78 is 16.6. The molecule has 3 aromatic carbocycles. The van der Waals surface area contributed by atoms with E-state index in [1.54, 1.807) is 6.92 Å². The third kappa shape index (κ3) is 5.06. The predicted molar refractivity (Wildman–Crippen MR) is 149 cm³/mol. The zero-order chi connectivity index (χ0) is 28.5. The third-order valence-electron chi connectivity index (χ3n) is 7.81. The number of nitrogens with zero attached hydrogens (tertiary/aromatic N) is 1. The quantitative estimate of drug-likeness (QED) is 0.233. The Labute approximate surface area is 236 Å². The summed E-state index contributed by atoms with van der Waals surface area (Å²) in [5, 5.41) is 15.6. The Morgan fingerprint density at radius 3 is 2.41 bits per heavy atom. The van der Waals surface area contributed by atoms with Crippen LogP contribution >= 0.6 is 0 Å². The normalized spacial score (nSPS) is 19.5. The number of hydrogen-bond acceptors (Lipinski definition) is 8. The number of Topliss-reactive ketones (excluding diaryl/α,β-unsaturated/α-hetero) is 1. The minimum absolute atomic E-state index is 0.0606. The van der Waals surface area contributed by atoms with E-state index in [1.807, 2.05) is 60.7 Å². The van der Waals surface area contributed by atoms with Crippen LogP contribution in [-0.2, 0) is 20.7 Å². The molecule has 3 aromatic rings. The molecule has 0 saturated carbocycles. The molecule has 0 unspecified atom stereocenters. The first-order valence-corrected chi connectivity index (χ1v) is 13.5. The number of carbonyl (C=O) groups is 2. The van der Waals surface area contributed by atoms with Gasteiger partial charge < -0.3 is 19.5 Å². The summed E-state index contributed by atoms with van der Waals surface area (Å²) in [6, 6.07) is 22.2. The summed E-state index contributed by atoms with van der Waals surface area (Å²) in [5.41, 5.74) is 3.65. The number of fused-ring (bicyclic) bond motifs is 1. The zero-order valence-corrected chi connectivity index (χ0v) is 22.4. The fourth-order valence-corrected chi connectivity index (χ4v) is 5.90. The molecule has 9 nitrogen and oxygen atoms in total. The van der Waals surface area contributed by atoms with Crippen molar-refractivity contribution in [3.8, 4) is 11.5 Å². The van der Waals surface area contributed by atoms with Gasteiger partial charge in [0.15, 0.2) is 17.3 Å². The van der Waals surface area contributed by atoms with E-state index in [2.05, 4.69) is 5.32 Å². The van der Waals surface area contributed by atoms with Gasteiger partial charge in [-0.15, -0.1) is 0 Å². The predicted octanol–water partition coefficient (Wildman–Crippen LogP) is 5.47. The van der Waals surface area contributed by atoms with Crippen molar-refractivity contribution < 1.29 is 28.7 Å². The molecule has 1 N–H and O–H groups in total. The zero-order valence-electron chi connectivity index (χ0n) is 22.4. The first-order chi connectivity index (χ1) is 19.9. The van der Waals surface area contributed by atoms with Crippen LogP contribution in [0, 0.1) is 10.1 Å². The average Bonchev–Trinajstić information content (AvgIpc) is 3.44. The Kier molecular flexibility index (Phi) is 7.01. The molecule has 208 valence electrons. The molecule has 0 spiro atoms. The molecule has 6 rings (SSSR count). The Morgan fingerprint density at radius 2 is 1.71 bits per heavy atom. The Morgan fingerprint density at radius 1 is 1.02 bits per heavy atom. The van der Waals surface area contributed by atoms with Gasteiger partial charge in [-0.05, 0) is 36.5 Å². The molecule has 0 radical (unpaired) electrons. The molecule has 0 saturated heterocycles. The van der Waals surface area contributed by atoms with E-state index in [9.17, 15) is 19.7 Å². The number of esters is 1. The highest BCUT2D eigenvalue weighted by Gasteiger charge is 2.44. The molecule has 0 amide bonds. The number of dihydropyridines is 1. The molecule has 2 heterocycles. The summed E-state index contributed by atoms with van der Waals surface area (Å²) in [6.07, 6.45) is 1.25. The highest BCUT2D eigenvalue weighted by molar-refractivity contribution is 6.04. The van der Waals surface area contributed by atoms with Gasteiger partial charge in [-0.3, -0.25) is 14.9 Å². The van der Waals surface area contributed by atoms with Crippen molar-refractivity contribution in [1.29, 1.82) is 0 Å². The number of ketones is 1. The maximum Gasteiger partial charge on any atom is 0.336 e. The number of nitrogens with one attached hydrogen (secondary N) is 1. The number of benzene rings is 3. The SMILES string of the molecule is CC1=C(C(=O)OCCc2ccccc2)[C@H](c2cc3c(cc2[N+](=O)[O-])OCO3)C2=C(C[C@H](c3ccccc3)CC2=O)N1. The summed E-state index contributed by atoms with van der Waals surface area (Å²) in [5.74, 6) is -1.30. The van der Waals surface area contributed by atoms with Crippen LogP contribution in [0.3, 0.4) is 0 Å². The average molecular weight is 553 g/mol. The lowest BCUT2D eigenvalue weighted by Gasteiger charge is -2.36. The lowest BCUT2D eigenvalue weighted by molar-refractivity contribution is -0.385. The maximum atomic E-state index is 13.9. The Hall–Kier alpha value is -4.92. The van der Waals surface area contributed by atoms with Crippen molar-refractivity contribution in [3.63, 3.8) is 0 Å². The number of hydrogen-bond donors (Lipinski definition) is 1. The van der Waals surface area contributed by atoms with E-state index >= 15 is 0 Å². The minimum atomic E-state index is -1.01. The van der Waals surface area contributed by atoms with Gasteiger partial charge in [-0.1, -0.05) is 60.7 Å². The van der Waals surface area contributed by atoms with Gasteiger partial charge >= 0.3 is 5.97 Å². The molecule has 2 aliphatic heterocycles. The number of ether oxygens (including phenoxy) is 3. The van der Waals surface area contributed by atoms with Crippen LogP contribution in [0.5, 0.6) is 11.5 Å². The topological polar surface area (TPSA) is 117 Å². The van der Waals surface area contributed by atoms with E-state index in [4.69, 9.17) is 14.2 Å². The lowest BCUT2D eigenvalue weighted by atomic mass is 9.71. The van der Waals surface area contributed by atoms with Gasteiger partial charge in [0, 0.05) is 35.4 Å². The standard InChI is InChI=1S/C32H28N2O7/c1-19-29(32(36)39-13-12-20-8-4-2-5-9-20)30(23-16-27-28(41-18-40-27)17-25(23)34(37)38)31-24(33-19)14-22(15-26(31)35)21-10-6-3-7-11-21/h2-11,16-17,22,30,33H,12-15,18H2,1H3/t22-,30-/m0/s1. The molecule has 3 aliphatic rings. The second-order valence-corrected chi connectivity index (χ2v) is 10.3. The van der Waals surface area contributed by atoms with Gasteiger partial charge in [0.25, 0.3) is 5.69 Å². The molecule has 0 bridgehead atoms. The first kappa shape index (κ1) is 26.3. The van der Waals surface area contributed by atoms with Gasteiger partial charge in [-0.25, -0.2) is 4.79 Å². The van der Waals surface area contributed by atoms with Crippen LogP contribution in [0.15, 0.2) is 95.3 Å². The lowest BCUT2D eigenvalue weighted by Crippen LogP contribution is -2.36. The molecular weight excluding hydrogens is 524 g/mol. The fraction of sp³-hybridized carbons (Fsp3) is 0.250. The first-order valence-electron chi connectivity index (χ1n) is 13.5. The molecule has 9 heteroatoms. The van der Waals surface area contributed by atoms with Crippen molar-refractivity contribution in [2.75, 3.05) is 13.4 Å². The van der Waals surface area contributed by atoms with E-state index in [-0.39, 0.29) is 54.1 Å². The van der Waals surface area contributed by atoms with Crippen LogP contribution in [0.4, 0.5) is 5.69 Å². The Bertz CT molecular complexity index is 1590. The van der Waals surface area contributed by atoms with E-state index in [0.717, 1.165) is 11.1 Å². The van der Waals surface area contributed by atoms with Gasteiger partial charge in [0.2, 0.25) is 6.79 Å². The third-order valence-corrected chi connectivity index (χ3v) is 7.81. The molecule has 0 aromatic heterocycles.